The van der Waals surface area contributed by atoms with E-state index < -0.39 is 0 Å². The van der Waals surface area contributed by atoms with Gasteiger partial charge in [-0.1, -0.05) is 12.7 Å². The van der Waals surface area contributed by atoms with Crippen molar-refractivity contribution < 1.29 is 14.3 Å². The highest BCUT2D eigenvalue weighted by Crippen LogP contribution is 2.46. The molecule has 1 saturated heterocycles. The van der Waals surface area contributed by atoms with E-state index in [9.17, 15) is 4.79 Å². The molecule has 5 nitrogen and oxygen atoms in total. The van der Waals surface area contributed by atoms with Crippen LogP contribution in [0.4, 0.5) is 0 Å². The van der Waals surface area contributed by atoms with Crippen LogP contribution in [0.15, 0.2) is 30.9 Å². The molecule has 2 aliphatic rings. The number of methoxy groups -OCH3 is 1. The molecule has 3 heterocycles. The first-order valence-corrected chi connectivity index (χ1v) is 7.94. The Kier molecular flexibility index (Phi) is 4.56. The van der Waals surface area contributed by atoms with Crippen LogP contribution in [0.2, 0.25) is 0 Å². The first-order chi connectivity index (χ1) is 11.2. The van der Waals surface area contributed by atoms with Crippen molar-refractivity contribution in [2.45, 2.75) is 18.4 Å². The highest BCUT2D eigenvalue weighted by atomic mass is 35.5. The van der Waals surface area contributed by atoms with Gasteiger partial charge < -0.3 is 14.5 Å². The lowest BCUT2D eigenvalue weighted by Gasteiger charge is -2.30. The van der Waals surface area contributed by atoms with Gasteiger partial charge in [-0.2, -0.15) is 0 Å². The summed E-state index contributed by atoms with van der Waals surface area (Å²) in [5.74, 6) is 1.10. The number of esters is 1. The van der Waals surface area contributed by atoms with Crippen LogP contribution in [0.5, 0.6) is 5.75 Å². The molecule has 0 spiro atoms. The monoisotopic (exact) mass is 348 g/mol. The van der Waals surface area contributed by atoms with Crippen LogP contribution in [-0.2, 0) is 9.53 Å². The van der Waals surface area contributed by atoms with Crippen molar-refractivity contribution in [2.75, 3.05) is 26.8 Å². The predicted molar refractivity (Wildman–Crippen MR) is 94.9 cm³/mol. The number of fused-ring (bicyclic) bond motifs is 6. The maximum Gasteiger partial charge on any atom is 0.329 e. The summed E-state index contributed by atoms with van der Waals surface area (Å²) in [4.78, 5) is 18.2. The fraction of sp³-hybridized carbons (Fsp3) is 0.389. The van der Waals surface area contributed by atoms with E-state index in [2.05, 4.69) is 22.5 Å². The number of benzene rings is 1. The van der Waals surface area contributed by atoms with Gasteiger partial charge in [0, 0.05) is 29.1 Å². The topological polar surface area (TPSA) is 54.6 Å². The molecule has 128 valence electrons. The summed E-state index contributed by atoms with van der Waals surface area (Å²) in [5, 5.41) is 1.16. The summed E-state index contributed by atoms with van der Waals surface area (Å²) in [6.07, 6.45) is 2.67. The van der Waals surface area contributed by atoms with Gasteiger partial charge in [0.05, 0.1) is 7.11 Å². The first kappa shape index (κ1) is 16.9. The zero-order valence-corrected chi connectivity index (χ0v) is 14.4. The van der Waals surface area contributed by atoms with Crippen molar-refractivity contribution in [3.8, 4) is 5.75 Å². The fourth-order valence-corrected chi connectivity index (χ4v) is 3.92. The lowest BCUT2D eigenvalue weighted by Crippen LogP contribution is -2.37. The second-order valence-corrected chi connectivity index (χ2v) is 6.17. The fourth-order valence-electron chi connectivity index (χ4n) is 3.92. The van der Waals surface area contributed by atoms with Crippen LogP contribution in [0.25, 0.3) is 10.9 Å². The highest BCUT2D eigenvalue weighted by Gasteiger charge is 2.44. The number of nitrogens with zero attached hydrogens (tertiary/aromatic N) is 1. The maximum absolute atomic E-state index is 12.6. The molecular formula is C18H21ClN2O3. The molecule has 2 aliphatic heterocycles. The van der Waals surface area contributed by atoms with Gasteiger partial charge in [0.25, 0.3) is 0 Å². The number of H-pyrrole nitrogens is 1. The summed E-state index contributed by atoms with van der Waals surface area (Å²) in [5.41, 5.74) is 3.29. The molecule has 1 fully saturated rings. The van der Waals surface area contributed by atoms with E-state index in [0.29, 0.717) is 5.92 Å². The van der Waals surface area contributed by atoms with Gasteiger partial charge in [0.2, 0.25) is 0 Å². The molecule has 2 aromatic rings. The smallest absolute Gasteiger partial charge is 0.329 e. The Bertz CT molecular complexity index is 786. The molecule has 0 aliphatic carbocycles. The summed E-state index contributed by atoms with van der Waals surface area (Å²) >= 11 is 0. The van der Waals surface area contributed by atoms with Crippen molar-refractivity contribution in [3.05, 3.63) is 42.1 Å². The van der Waals surface area contributed by atoms with E-state index in [1.165, 1.54) is 5.56 Å². The Morgan fingerprint density at radius 1 is 1.50 bits per heavy atom. The van der Waals surface area contributed by atoms with Crippen molar-refractivity contribution >= 4 is 29.3 Å². The van der Waals surface area contributed by atoms with Gasteiger partial charge in [-0.15, -0.1) is 12.4 Å². The summed E-state index contributed by atoms with van der Waals surface area (Å²) < 4.78 is 10.7. The average Bonchev–Trinajstić information content (AvgIpc) is 3.14. The van der Waals surface area contributed by atoms with Crippen molar-refractivity contribution in [3.63, 3.8) is 0 Å². The third-order valence-electron chi connectivity index (χ3n) is 4.91. The number of ether oxygens (including phenoxy) is 2. The number of rotatable bonds is 4. The van der Waals surface area contributed by atoms with E-state index in [4.69, 9.17) is 9.47 Å². The minimum Gasteiger partial charge on any atom is -0.497 e. The summed E-state index contributed by atoms with van der Waals surface area (Å²) in [6, 6.07) is 5.67. The van der Waals surface area contributed by atoms with Gasteiger partial charge >= 0.3 is 5.97 Å². The number of aromatic nitrogens is 1. The second kappa shape index (κ2) is 6.49. The largest absolute Gasteiger partial charge is 0.497 e. The minimum atomic E-state index is -0.345. The molecule has 1 N–H and O–H groups in total. The van der Waals surface area contributed by atoms with Crippen LogP contribution in [0, 0.1) is 0 Å². The molecule has 4 rings (SSSR count). The van der Waals surface area contributed by atoms with Gasteiger partial charge in [-0.3, -0.25) is 4.90 Å². The molecule has 1 aromatic heterocycles. The number of hydrogen-bond donors (Lipinski definition) is 1. The SMILES string of the molecule is C=CCOC(=O)C1c2[nH]c3ccc(OC)cc3c2C2CCN1C2.Cl. The highest BCUT2D eigenvalue weighted by molar-refractivity contribution is 5.90. The molecular weight excluding hydrogens is 328 g/mol. The van der Waals surface area contributed by atoms with E-state index >= 15 is 0 Å². The maximum atomic E-state index is 12.6. The third kappa shape index (κ3) is 2.48. The van der Waals surface area contributed by atoms with E-state index in [1.54, 1.807) is 13.2 Å². The number of carbonyl (C=O) groups is 1. The van der Waals surface area contributed by atoms with Gasteiger partial charge in [-0.05, 0) is 36.7 Å². The minimum absolute atomic E-state index is 0. The standard InChI is InChI=1S/C18H20N2O3.ClH/c1-3-8-23-18(21)17-16-15(11-6-7-20(17)10-11)13-9-12(22-2)4-5-14(13)19-16;/h3-5,9,11,17,19H,1,6-8,10H2,2H3;1H. The van der Waals surface area contributed by atoms with Crippen molar-refractivity contribution in [2.24, 2.45) is 0 Å². The molecule has 1 aromatic carbocycles. The van der Waals surface area contributed by atoms with Crippen molar-refractivity contribution in [1.82, 2.24) is 9.88 Å². The molecule has 3 atom stereocenters. The number of hydrogen-bond acceptors (Lipinski definition) is 4. The lowest BCUT2D eigenvalue weighted by atomic mass is 9.90. The van der Waals surface area contributed by atoms with Crippen LogP contribution >= 0.6 is 12.4 Å². The van der Waals surface area contributed by atoms with Gasteiger partial charge in [-0.25, -0.2) is 4.79 Å². The summed E-state index contributed by atoms with van der Waals surface area (Å²) in [7, 11) is 1.67. The van der Waals surface area contributed by atoms with Crippen LogP contribution in [0.3, 0.4) is 0 Å². The van der Waals surface area contributed by atoms with Crippen LogP contribution in [0.1, 0.15) is 29.6 Å². The quantitative estimate of drug-likeness (QED) is 0.681. The lowest BCUT2D eigenvalue weighted by molar-refractivity contribution is -0.149. The summed E-state index contributed by atoms with van der Waals surface area (Å²) in [6.45, 7) is 5.69. The molecule has 3 unspecified atom stereocenters. The number of carbonyl (C=O) groups excluding carboxylic acids is 1. The van der Waals surface area contributed by atoms with E-state index in [0.717, 1.165) is 41.9 Å². The van der Waals surface area contributed by atoms with Gasteiger partial charge in [0.15, 0.2) is 0 Å². The Hall–Kier alpha value is -1.98. The Morgan fingerprint density at radius 3 is 3.08 bits per heavy atom. The zero-order chi connectivity index (χ0) is 16.0. The third-order valence-corrected chi connectivity index (χ3v) is 4.91. The number of aromatic amines is 1. The zero-order valence-electron chi connectivity index (χ0n) is 13.6. The Morgan fingerprint density at radius 2 is 2.33 bits per heavy atom. The van der Waals surface area contributed by atoms with E-state index in [-0.39, 0.29) is 31.0 Å². The molecule has 6 heteroatoms. The number of halogens is 1. The van der Waals surface area contributed by atoms with E-state index in [1.807, 2.05) is 12.1 Å². The normalized spacial score (nSPS) is 24.1. The molecule has 2 bridgehead atoms. The molecule has 0 amide bonds. The molecule has 24 heavy (non-hydrogen) atoms. The first-order valence-electron chi connectivity index (χ1n) is 7.94. The number of nitrogens with one attached hydrogen (secondary N) is 1. The Balaban J connectivity index is 0.00000169. The predicted octanol–water partition coefficient (Wildman–Crippen LogP) is 3.17. The Labute approximate surface area is 147 Å². The molecule has 0 saturated carbocycles. The molecule has 0 radical (unpaired) electrons. The van der Waals surface area contributed by atoms with Crippen LogP contribution < -0.4 is 4.74 Å². The van der Waals surface area contributed by atoms with Gasteiger partial charge in [0.1, 0.15) is 18.4 Å². The second-order valence-electron chi connectivity index (χ2n) is 6.17. The van der Waals surface area contributed by atoms with Crippen LogP contribution in [-0.4, -0.2) is 42.7 Å². The van der Waals surface area contributed by atoms with Crippen molar-refractivity contribution in [1.29, 1.82) is 0 Å². The average molecular weight is 349 g/mol.